The molecule has 0 aliphatic carbocycles. The normalized spacial score (nSPS) is 23.5. The average molecular weight is 292 g/mol. The van der Waals surface area contributed by atoms with E-state index in [1.165, 1.54) is 0 Å². The molecule has 114 valence electrons. The van der Waals surface area contributed by atoms with Crippen LogP contribution in [0.3, 0.4) is 0 Å². The van der Waals surface area contributed by atoms with Crippen LogP contribution < -0.4 is 15.4 Å². The molecule has 2 aliphatic heterocycles. The van der Waals surface area contributed by atoms with E-state index in [0.29, 0.717) is 44.3 Å². The van der Waals surface area contributed by atoms with Crippen LogP contribution in [0.4, 0.5) is 0 Å². The highest BCUT2D eigenvalue weighted by Crippen LogP contribution is 2.27. The van der Waals surface area contributed by atoms with Gasteiger partial charge in [-0.2, -0.15) is 0 Å². The summed E-state index contributed by atoms with van der Waals surface area (Å²) in [5.41, 5.74) is 1.56. The van der Waals surface area contributed by atoms with Gasteiger partial charge in [-0.15, -0.1) is 0 Å². The van der Waals surface area contributed by atoms with Gasteiger partial charge in [0.2, 0.25) is 0 Å². The summed E-state index contributed by atoms with van der Waals surface area (Å²) in [5, 5.41) is 6.07. The number of likely N-dealkylation sites (N-methyl/N-ethyl adjacent to an activating group) is 1. The lowest BCUT2D eigenvalue weighted by molar-refractivity contribution is -0.101. The SMILES string of the molecule is CNC(c1ccc2c(c1)C(=O)NCCO2)C1COCCO1. The van der Waals surface area contributed by atoms with Crippen LogP contribution in [0.1, 0.15) is 22.0 Å². The quantitative estimate of drug-likeness (QED) is 0.848. The van der Waals surface area contributed by atoms with E-state index in [-0.39, 0.29) is 18.1 Å². The monoisotopic (exact) mass is 292 g/mol. The first kappa shape index (κ1) is 14.3. The number of hydrogen-bond acceptors (Lipinski definition) is 5. The van der Waals surface area contributed by atoms with E-state index in [4.69, 9.17) is 14.2 Å². The maximum absolute atomic E-state index is 12.1. The molecule has 2 aliphatic rings. The molecule has 2 atom stereocenters. The van der Waals surface area contributed by atoms with Crippen molar-refractivity contribution in [1.82, 2.24) is 10.6 Å². The molecule has 6 nitrogen and oxygen atoms in total. The van der Waals surface area contributed by atoms with Gasteiger partial charge < -0.3 is 24.8 Å². The second kappa shape index (κ2) is 6.43. The van der Waals surface area contributed by atoms with Gasteiger partial charge >= 0.3 is 0 Å². The number of ether oxygens (including phenoxy) is 3. The molecule has 21 heavy (non-hydrogen) atoms. The van der Waals surface area contributed by atoms with Gasteiger partial charge in [0.25, 0.3) is 5.91 Å². The molecule has 1 fully saturated rings. The molecule has 6 heteroatoms. The van der Waals surface area contributed by atoms with E-state index in [1.54, 1.807) is 0 Å². The van der Waals surface area contributed by atoms with Gasteiger partial charge in [-0.3, -0.25) is 4.79 Å². The Bertz CT molecular complexity index is 514. The molecule has 1 amide bonds. The molecule has 2 heterocycles. The zero-order valence-corrected chi connectivity index (χ0v) is 12.1. The Kier molecular flexibility index (Phi) is 4.38. The lowest BCUT2D eigenvalue weighted by Gasteiger charge is -2.30. The summed E-state index contributed by atoms with van der Waals surface area (Å²) in [6, 6.07) is 5.67. The third-order valence-corrected chi connectivity index (χ3v) is 3.78. The van der Waals surface area contributed by atoms with Crippen molar-refractivity contribution in [2.75, 3.05) is 40.0 Å². The Hall–Kier alpha value is -1.63. The van der Waals surface area contributed by atoms with Crippen LogP contribution in [0.15, 0.2) is 18.2 Å². The molecule has 1 aromatic carbocycles. The molecule has 0 radical (unpaired) electrons. The van der Waals surface area contributed by atoms with Crippen LogP contribution in [0.2, 0.25) is 0 Å². The van der Waals surface area contributed by atoms with E-state index in [0.717, 1.165) is 5.56 Å². The Morgan fingerprint density at radius 1 is 1.33 bits per heavy atom. The Morgan fingerprint density at radius 2 is 2.24 bits per heavy atom. The van der Waals surface area contributed by atoms with Crippen LogP contribution in [0, 0.1) is 0 Å². The standard InChI is InChI=1S/C15H20N2O4/c1-16-14(13-9-19-6-7-21-13)10-2-3-12-11(8-10)15(18)17-4-5-20-12/h2-3,8,13-14,16H,4-7,9H2,1H3,(H,17,18). The van der Waals surface area contributed by atoms with Crippen LogP contribution in [-0.4, -0.2) is 52.0 Å². The van der Waals surface area contributed by atoms with Gasteiger partial charge in [-0.1, -0.05) is 6.07 Å². The summed E-state index contributed by atoms with van der Waals surface area (Å²) < 4.78 is 16.8. The second-order valence-electron chi connectivity index (χ2n) is 5.11. The summed E-state index contributed by atoms with van der Waals surface area (Å²) in [4.78, 5) is 12.1. The molecule has 2 unspecified atom stereocenters. The Balaban J connectivity index is 1.88. The van der Waals surface area contributed by atoms with Gasteiger partial charge in [0.15, 0.2) is 0 Å². The van der Waals surface area contributed by atoms with E-state index in [9.17, 15) is 4.79 Å². The highest BCUT2D eigenvalue weighted by molar-refractivity contribution is 5.97. The van der Waals surface area contributed by atoms with Crippen molar-refractivity contribution in [3.05, 3.63) is 29.3 Å². The van der Waals surface area contributed by atoms with Crippen molar-refractivity contribution in [2.24, 2.45) is 0 Å². The van der Waals surface area contributed by atoms with Gasteiger partial charge in [-0.05, 0) is 24.7 Å². The summed E-state index contributed by atoms with van der Waals surface area (Å²) in [6.07, 6.45) is -0.0587. The zero-order valence-electron chi connectivity index (χ0n) is 12.1. The molecule has 1 saturated heterocycles. The minimum Gasteiger partial charge on any atom is -0.491 e. The number of nitrogens with one attached hydrogen (secondary N) is 2. The minimum absolute atomic E-state index is 0.0216. The lowest BCUT2D eigenvalue weighted by atomic mass is 9.98. The molecule has 1 aromatic rings. The summed E-state index contributed by atoms with van der Waals surface area (Å²) >= 11 is 0. The third kappa shape index (κ3) is 3.02. The zero-order chi connectivity index (χ0) is 14.7. The highest BCUT2D eigenvalue weighted by Gasteiger charge is 2.27. The van der Waals surface area contributed by atoms with E-state index < -0.39 is 0 Å². The summed E-state index contributed by atoms with van der Waals surface area (Å²) in [5.74, 6) is 0.532. The topological polar surface area (TPSA) is 68.8 Å². The molecule has 0 aromatic heterocycles. The first-order valence-electron chi connectivity index (χ1n) is 7.21. The van der Waals surface area contributed by atoms with Crippen molar-refractivity contribution in [3.63, 3.8) is 0 Å². The molecule has 0 spiro atoms. The number of amides is 1. The maximum atomic E-state index is 12.1. The van der Waals surface area contributed by atoms with Crippen molar-refractivity contribution < 1.29 is 19.0 Å². The van der Waals surface area contributed by atoms with E-state index >= 15 is 0 Å². The van der Waals surface area contributed by atoms with Gasteiger partial charge in [0, 0.05) is 0 Å². The van der Waals surface area contributed by atoms with Crippen LogP contribution >= 0.6 is 0 Å². The molecule has 0 bridgehead atoms. The number of rotatable bonds is 3. The second-order valence-corrected chi connectivity index (χ2v) is 5.11. The smallest absolute Gasteiger partial charge is 0.255 e. The summed E-state index contributed by atoms with van der Waals surface area (Å²) in [6.45, 7) is 2.79. The number of fused-ring (bicyclic) bond motifs is 1. The van der Waals surface area contributed by atoms with Crippen molar-refractivity contribution in [1.29, 1.82) is 0 Å². The van der Waals surface area contributed by atoms with E-state index in [1.807, 2.05) is 25.2 Å². The maximum Gasteiger partial charge on any atom is 0.255 e. The van der Waals surface area contributed by atoms with Gasteiger partial charge in [-0.25, -0.2) is 0 Å². The first-order chi connectivity index (χ1) is 10.3. The third-order valence-electron chi connectivity index (χ3n) is 3.78. The Morgan fingerprint density at radius 3 is 3.00 bits per heavy atom. The molecular weight excluding hydrogens is 272 g/mol. The predicted octanol–water partition coefficient (Wildman–Crippen LogP) is 0.485. The number of benzene rings is 1. The molecule has 0 saturated carbocycles. The fourth-order valence-corrected chi connectivity index (χ4v) is 2.73. The first-order valence-corrected chi connectivity index (χ1v) is 7.21. The van der Waals surface area contributed by atoms with Crippen LogP contribution in [-0.2, 0) is 9.47 Å². The predicted molar refractivity (Wildman–Crippen MR) is 76.6 cm³/mol. The van der Waals surface area contributed by atoms with Crippen molar-refractivity contribution in [2.45, 2.75) is 12.1 Å². The van der Waals surface area contributed by atoms with Crippen LogP contribution in [0.5, 0.6) is 5.75 Å². The molecule has 2 N–H and O–H groups in total. The minimum atomic E-state index is -0.0972. The average Bonchev–Trinajstić information content (AvgIpc) is 2.71. The van der Waals surface area contributed by atoms with E-state index in [2.05, 4.69) is 10.6 Å². The number of carbonyl (C=O) groups is 1. The Labute approximate surface area is 123 Å². The van der Waals surface area contributed by atoms with Crippen molar-refractivity contribution in [3.8, 4) is 5.75 Å². The van der Waals surface area contributed by atoms with Gasteiger partial charge in [0.05, 0.1) is 38.0 Å². The number of hydrogen-bond donors (Lipinski definition) is 2. The fraction of sp³-hybridized carbons (Fsp3) is 0.533. The van der Waals surface area contributed by atoms with Crippen molar-refractivity contribution >= 4 is 5.91 Å². The number of carbonyl (C=O) groups excluding carboxylic acids is 1. The highest BCUT2D eigenvalue weighted by atomic mass is 16.6. The molecule has 3 rings (SSSR count). The lowest BCUT2D eigenvalue weighted by Crippen LogP contribution is -2.39. The molecular formula is C15H20N2O4. The summed E-state index contributed by atoms with van der Waals surface area (Å²) in [7, 11) is 1.88. The van der Waals surface area contributed by atoms with Gasteiger partial charge in [0.1, 0.15) is 18.5 Å². The van der Waals surface area contributed by atoms with Crippen LogP contribution in [0.25, 0.3) is 0 Å². The largest absolute Gasteiger partial charge is 0.491 e. The fourth-order valence-electron chi connectivity index (χ4n) is 2.73.